The predicted molar refractivity (Wildman–Crippen MR) is 111 cm³/mol. The first kappa shape index (κ1) is 18.0. The molecule has 5 rings (SSSR count). The van der Waals surface area contributed by atoms with Crippen LogP contribution in [-0.4, -0.2) is 61.6 Å². The van der Waals surface area contributed by atoms with Gasteiger partial charge in [-0.05, 0) is 37.7 Å². The van der Waals surface area contributed by atoms with E-state index >= 15 is 0 Å². The highest BCUT2D eigenvalue weighted by molar-refractivity contribution is 5.88. The van der Waals surface area contributed by atoms with Gasteiger partial charge in [0.05, 0.1) is 11.7 Å². The van der Waals surface area contributed by atoms with Crippen LogP contribution in [0.3, 0.4) is 0 Å². The van der Waals surface area contributed by atoms with E-state index in [2.05, 4.69) is 37.2 Å². The Morgan fingerprint density at radius 1 is 1.28 bits per heavy atom. The van der Waals surface area contributed by atoms with Crippen LogP contribution in [0.15, 0.2) is 31.1 Å². The maximum absolute atomic E-state index is 12.6. The average Bonchev–Trinajstić information content (AvgIpc) is 3.48. The molecule has 2 fully saturated rings. The molecule has 29 heavy (non-hydrogen) atoms. The standard InChI is InChI=1S/C20H26N8O/c1-3-27-10-17(24-12-27)25-20(29)28-8-13-6-15(7-14(13)9-28)26(2)19-16-4-5-21-18(16)22-11-23-19/h4-5,10-15H,3,6-9H2,1-2H3,(H,25,29)(H,21,22,23)/t13-,14?,15+/m1/s1. The van der Waals surface area contributed by atoms with Crippen molar-refractivity contribution in [1.82, 2.24) is 29.4 Å². The van der Waals surface area contributed by atoms with Gasteiger partial charge in [0.1, 0.15) is 17.8 Å². The van der Waals surface area contributed by atoms with E-state index < -0.39 is 0 Å². The summed E-state index contributed by atoms with van der Waals surface area (Å²) in [7, 11) is 2.12. The van der Waals surface area contributed by atoms with Gasteiger partial charge in [-0.15, -0.1) is 0 Å². The highest BCUT2D eigenvalue weighted by Gasteiger charge is 2.44. The normalized spacial score (nSPS) is 23.5. The third kappa shape index (κ3) is 3.20. The first-order valence-corrected chi connectivity index (χ1v) is 10.2. The third-order valence-electron chi connectivity index (χ3n) is 6.46. The maximum Gasteiger partial charge on any atom is 0.323 e. The minimum atomic E-state index is -0.0458. The molecule has 2 aliphatic rings. The number of likely N-dealkylation sites (tertiary alicyclic amines) is 1. The van der Waals surface area contributed by atoms with Gasteiger partial charge in [0, 0.05) is 45.1 Å². The molecule has 0 spiro atoms. The summed E-state index contributed by atoms with van der Waals surface area (Å²) in [6.07, 6.45) is 9.27. The van der Waals surface area contributed by atoms with Gasteiger partial charge >= 0.3 is 6.03 Å². The maximum atomic E-state index is 12.6. The van der Waals surface area contributed by atoms with E-state index in [1.807, 2.05) is 34.9 Å². The lowest BCUT2D eigenvalue weighted by Crippen LogP contribution is -2.36. The molecule has 3 atom stereocenters. The van der Waals surface area contributed by atoms with Gasteiger partial charge in [-0.25, -0.2) is 19.7 Å². The quantitative estimate of drug-likeness (QED) is 0.709. The third-order valence-corrected chi connectivity index (χ3v) is 6.46. The molecule has 2 N–H and O–H groups in total. The molecular formula is C20H26N8O. The molecule has 3 aromatic heterocycles. The van der Waals surface area contributed by atoms with Crippen LogP contribution < -0.4 is 10.2 Å². The van der Waals surface area contributed by atoms with Crippen LogP contribution in [-0.2, 0) is 6.54 Å². The number of hydrogen-bond donors (Lipinski definition) is 2. The van der Waals surface area contributed by atoms with Gasteiger partial charge in [-0.2, -0.15) is 0 Å². The SMILES string of the molecule is CCn1cnc(NC(=O)N2CC3C[C@@H](N(C)c4ncnc5[nH]ccc45)C[C@@H]3C2)c1. The minimum absolute atomic E-state index is 0.0458. The molecule has 0 bridgehead atoms. The summed E-state index contributed by atoms with van der Waals surface area (Å²) >= 11 is 0. The number of nitrogens with zero attached hydrogens (tertiary/aromatic N) is 6. The first-order valence-electron chi connectivity index (χ1n) is 10.2. The van der Waals surface area contributed by atoms with Crippen molar-refractivity contribution >= 4 is 28.7 Å². The first-order chi connectivity index (χ1) is 14.1. The summed E-state index contributed by atoms with van der Waals surface area (Å²) in [5, 5.41) is 3.98. The molecule has 1 saturated carbocycles. The van der Waals surface area contributed by atoms with Crippen molar-refractivity contribution in [3.8, 4) is 0 Å². The smallest absolute Gasteiger partial charge is 0.323 e. The number of hydrogen-bond acceptors (Lipinski definition) is 5. The zero-order valence-electron chi connectivity index (χ0n) is 16.7. The minimum Gasteiger partial charge on any atom is -0.356 e. The molecule has 9 nitrogen and oxygen atoms in total. The molecule has 9 heteroatoms. The van der Waals surface area contributed by atoms with Crippen molar-refractivity contribution in [2.75, 3.05) is 30.4 Å². The molecular weight excluding hydrogens is 368 g/mol. The van der Waals surface area contributed by atoms with E-state index in [1.54, 1.807) is 12.7 Å². The molecule has 0 aromatic carbocycles. The fourth-order valence-electron chi connectivity index (χ4n) is 4.85. The van der Waals surface area contributed by atoms with E-state index in [4.69, 9.17) is 0 Å². The Balaban J connectivity index is 1.21. The average molecular weight is 394 g/mol. The molecule has 1 unspecified atom stereocenters. The summed E-state index contributed by atoms with van der Waals surface area (Å²) in [5.74, 6) is 2.66. The van der Waals surface area contributed by atoms with E-state index in [0.29, 0.717) is 23.7 Å². The summed E-state index contributed by atoms with van der Waals surface area (Å²) in [6, 6.07) is 2.42. The number of fused-ring (bicyclic) bond motifs is 2. The van der Waals surface area contributed by atoms with Gasteiger partial charge in [0.2, 0.25) is 0 Å². The zero-order valence-corrected chi connectivity index (χ0v) is 16.7. The number of carbonyl (C=O) groups excluding carboxylic acids is 1. The number of anilines is 2. The van der Waals surface area contributed by atoms with Crippen molar-refractivity contribution in [3.63, 3.8) is 0 Å². The Labute approximate surface area is 169 Å². The number of nitrogens with one attached hydrogen (secondary N) is 2. The van der Waals surface area contributed by atoms with E-state index in [0.717, 1.165) is 49.3 Å². The van der Waals surface area contributed by atoms with Crippen LogP contribution in [0.4, 0.5) is 16.4 Å². The number of aromatic amines is 1. The monoisotopic (exact) mass is 394 g/mol. The van der Waals surface area contributed by atoms with Crippen LogP contribution in [0.5, 0.6) is 0 Å². The van der Waals surface area contributed by atoms with Crippen molar-refractivity contribution in [2.45, 2.75) is 32.4 Å². The molecule has 0 radical (unpaired) electrons. The molecule has 1 aliphatic carbocycles. The van der Waals surface area contributed by atoms with Crippen molar-refractivity contribution < 1.29 is 4.79 Å². The topological polar surface area (TPSA) is 95.0 Å². The van der Waals surface area contributed by atoms with Crippen molar-refractivity contribution in [3.05, 3.63) is 31.1 Å². The molecule has 3 aromatic rings. The van der Waals surface area contributed by atoms with Crippen LogP contribution in [0.2, 0.25) is 0 Å². The largest absolute Gasteiger partial charge is 0.356 e. The number of imidazole rings is 1. The number of urea groups is 1. The Morgan fingerprint density at radius 3 is 2.79 bits per heavy atom. The summed E-state index contributed by atoms with van der Waals surface area (Å²) in [6.45, 7) is 4.50. The number of carbonyl (C=O) groups is 1. The number of amides is 2. The number of H-pyrrole nitrogens is 1. The second-order valence-corrected chi connectivity index (χ2v) is 8.12. The molecule has 4 heterocycles. The Morgan fingerprint density at radius 2 is 2.07 bits per heavy atom. The van der Waals surface area contributed by atoms with Crippen LogP contribution in [0, 0.1) is 11.8 Å². The van der Waals surface area contributed by atoms with Crippen molar-refractivity contribution in [1.29, 1.82) is 0 Å². The molecule has 152 valence electrons. The van der Waals surface area contributed by atoms with Gasteiger partial charge in [0.25, 0.3) is 0 Å². The molecule has 1 aliphatic heterocycles. The lowest BCUT2D eigenvalue weighted by molar-refractivity contribution is 0.218. The highest BCUT2D eigenvalue weighted by Crippen LogP contribution is 2.41. The van der Waals surface area contributed by atoms with Gasteiger partial charge in [-0.3, -0.25) is 5.32 Å². The van der Waals surface area contributed by atoms with Gasteiger partial charge in [0.15, 0.2) is 5.82 Å². The summed E-state index contributed by atoms with van der Waals surface area (Å²) < 4.78 is 1.95. The fourth-order valence-corrected chi connectivity index (χ4v) is 4.85. The van der Waals surface area contributed by atoms with Gasteiger partial charge < -0.3 is 19.4 Å². The molecule has 1 saturated heterocycles. The Kier molecular flexibility index (Phi) is 4.37. The van der Waals surface area contributed by atoms with Crippen LogP contribution in [0.1, 0.15) is 19.8 Å². The number of aryl methyl sites for hydroxylation is 1. The van der Waals surface area contributed by atoms with E-state index in [9.17, 15) is 4.79 Å². The predicted octanol–water partition coefficient (Wildman–Crippen LogP) is 2.55. The Hall–Kier alpha value is -3.10. The molecule has 2 amide bonds. The summed E-state index contributed by atoms with van der Waals surface area (Å²) in [5.41, 5.74) is 0.869. The number of aromatic nitrogens is 5. The van der Waals surface area contributed by atoms with Crippen molar-refractivity contribution in [2.24, 2.45) is 11.8 Å². The van der Waals surface area contributed by atoms with Gasteiger partial charge in [-0.1, -0.05) is 0 Å². The second-order valence-electron chi connectivity index (χ2n) is 8.12. The highest BCUT2D eigenvalue weighted by atomic mass is 16.2. The fraction of sp³-hybridized carbons (Fsp3) is 0.500. The van der Waals surface area contributed by atoms with E-state index in [-0.39, 0.29) is 6.03 Å². The Bertz CT molecular complexity index is 1010. The van der Waals surface area contributed by atoms with Crippen LogP contribution in [0.25, 0.3) is 11.0 Å². The lowest BCUT2D eigenvalue weighted by atomic mass is 10.0. The zero-order chi connectivity index (χ0) is 20.0. The van der Waals surface area contributed by atoms with E-state index in [1.165, 1.54) is 0 Å². The van der Waals surface area contributed by atoms with Crippen LogP contribution >= 0.6 is 0 Å². The number of rotatable bonds is 4. The second kappa shape index (κ2) is 7.06. The summed E-state index contributed by atoms with van der Waals surface area (Å²) in [4.78, 5) is 33.1. The lowest BCUT2D eigenvalue weighted by Gasteiger charge is -2.28.